The molecule has 84 valence electrons. The molecule has 1 aromatic heterocycles. The van der Waals surface area contributed by atoms with Crippen LogP contribution in [0.25, 0.3) is 10.8 Å². The Hall–Kier alpha value is -1.61. The lowest BCUT2D eigenvalue weighted by Gasteiger charge is -2.07. The maximum Gasteiger partial charge on any atom is 0.258 e. The number of benzene rings is 1. The van der Waals surface area contributed by atoms with Crippen molar-refractivity contribution in [3.8, 4) is 0 Å². The first-order valence-corrected chi connectivity index (χ1v) is 5.32. The van der Waals surface area contributed by atoms with Gasteiger partial charge in [-0.3, -0.25) is 4.79 Å². The molecule has 0 amide bonds. The molecule has 0 saturated heterocycles. The number of ether oxygens (including phenoxy) is 1. The minimum absolute atomic E-state index is 0.0539. The minimum atomic E-state index is 0.0539. The van der Waals surface area contributed by atoms with E-state index in [0.717, 1.165) is 16.3 Å². The van der Waals surface area contributed by atoms with Crippen molar-refractivity contribution in [2.24, 2.45) is 0 Å². The number of pyridine rings is 1. The van der Waals surface area contributed by atoms with Crippen LogP contribution in [0.4, 0.5) is 0 Å². The van der Waals surface area contributed by atoms with Gasteiger partial charge in [0.05, 0.1) is 6.61 Å². The van der Waals surface area contributed by atoms with Crippen LogP contribution in [0, 0.1) is 6.92 Å². The van der Waals surface area contributed by atoms with E-state index in [1.807, 2.05) is 37.4 Å². The molecule has 0 atom stereocenters. The molecule has 0 fully saturated rings. The summed E-state index contributed by atoms with van der Waals surface area (Å²) in [7, 11) is 1.64. The van der Waals surface area contributed by atoms with Gasteiger partial charge in [0.1, 0.15) is 0 Å². The quantitative estimate of drug-likeness (QED) is 0.787. The van der Waals surface area contributed by atoms with Gasteiger partial charge in [-0.2, -0.15) is 0 Å². The Balaban J connectivity index is 2.57. The average molecular weight is 217 g/mol. The van der Waals surface area contributed by atoms with Gasteiger partial charge < -0.3 is 9.30 Å². The largest absolute Gasteiger partial charge is 0.383 e. The number of hydrogen-bond acceptors (Lipinski definition) is 2. The Kier molecular flexibility index (Phi) is 3.06. The van der Waals surface area contributed by atoms with Crippen molar-refractivity contribution in [2.45, 2.75) is 13.5 Å². The summed E-state index contributed by atoms with van der Waals surface area (Å²) in [6.07, 6.45) is 1.83. The first-order chi connectivity index (χ1) is 7.74. The Morgan fingerprint density at radius 2 is 2.06 bits per heavy atom. The lowest BCUT2D eigenvalue weighted by atomic mass is 10.1. The normalized spacial score (nSPS) is 10.9. The fourth-order valence-corrected chi connectivity index (χ4v) is 1.84. The van der Waals surface area contributed by atoms with Crippen LogP contribution in [0.1, 0.15) is 5.56 Å². The number of methoxy groups -OCH3 is 1. The van der Waals surface area contributed by atoms with Crippen LogP contribution in [-0.4, -0.2) is 18.3 Å². The molecule has 0 N–H and O–H groups in total. The van der Waals surface area contributed by atoms with E-state index in [2.05, 4.69) is 0 Å². The summed E-state index contributed by atoms with van der Waals surface area (Å²) in [5, 5.41) is 1.81. The number of nitrogens with zero attached hydrogens (tertiary/aromatic N) is 1. The van der Waals surface area contributed by atoms with Crippen LogP contribution in [0.5, 0.6) is 0 Å². The van der Waals surface area contributed by atoms with Crippen molar-refractivity contribution >= 4 is 10.8 Å². The Labute approximate surface area is 94.3 Å². The van der Waals surface area contributed by atoms with Crippen molar-refractivity contribution < 1.29 is 4.74 Å². The van der Waals surface area contributed by atoms with Gasteiger partial charge in [0.25, 0.3) is 5.56 Å². The van der Waals surface area contributed by atoms with E-state index in [1.165, 1.54) is 0 Å². The number of fused-ring (bicyclic) bond motifs is 1. The van der Waals surface area contributed by atoms with Gasteiger partial charge in [0.15, 0.2) is 0 Å². The van der Waals surface area contributed by atoms with Gasteiger partial charge >= 0.3 is 0 Å². The van der Waals surface area contributed by atoms with Gasteiger partial charge in [-0.15, -0.1) is 0 Å². The Bertz CT molecular complexity index is 557. The molecule has 1 heterocycles. The first kappa shape index (κ1) is 10.9. The molecule has 0 radical (unpaired) electrons. The van der Waals surface area contributed by atoms with E-state index in [0.29, 0.717) is 13.2 Å². The topological polar surface area (TPSA) is 31.2 Å². The molecule has 0 aliphatic carbocycles. The molecule has 3 heteroatoms. The SMILES string of the molecule is COCCn1ccc2c(C)cccc2c1=O. The van der Waals surface area contributed by atoms with E-state index in [4.69, 9.17) is 4.74 Å². The lowest BCUT2D eigenvalue weighted by Crippen LogP contribution is -2.21. The van der Waals surface area contributed by atoms with E-state index in [9.17, 15) is 4.79 Å². The van der Waals surface area contributed by atoms with Crippen molar-refractivity contribution in [1.82, 2.24) is 4.57 Å². The number of aryl methyl sites for hydroxylation is 1. The molecule has 16 heavy (non-hydrogen) atoms. The predicted octanol–water partition coefficient (Wildman–Crippen LogP) is 1.96. The second-order valence-electron chi connectivity index (χ2n) is 3.84. The highest BCUT2D eigenvalue weighted by Crippen LogP contribution is 2.13. The minimum Gasteiger partial charge on any atom is -0.383 e. The van der Waals surface area contributed by atoms with Crippen molar-refractivity contribution in [2.75, 3.05) is 13.7 Å². The standard InChI is InChI=1S/C13H15NO2/c1-10-4-3-5-12-11(10)6-7-14(13(12)15)8-9-16-2/h3-7H,8-9H2,1-2H3. The molecular formula is C13H15NO2. The van der Waals surface area contributed by atoms with E-state index < -0.39 is 0 Å². The van der Waals surface area contributed by atoms with E-state index >= 15 is 0 Å². The van der Waals surface area contributed by atoms with Crippen LogP contribution in [-0.2, 0) is 11.3 Å². The fraction of sp³-hybridized carbons (Fsp3) is 0.308. The second kappa shape index (κ2) is 4.49. The van der Waals surface area contributed by atoms with Crippen molar-refractivity contribution in [1.29, 1.82) is 0 Å². The first-order valence-electron chi connectivity index (χ1n) is 5.32. The lowest BCUT2D eigenvalue weighted by molar-refractivity contribution is 0.186. The van der Waals surface area contributed by atoms with Gasteiger partial charge in [0, 0.05) is 25.2 Å². The van der Waals surface area contributed by atoms with Gasteiger partial charge in [-0.25, -0.2) is 0 Å². The summed E-state index contributed by atoms with van der Waals surface area (Å²) in [5.41, 5.74) is 1.19. The van der Waals surface area contributed by atoms with Gasteiger partial charge in [-0.05, 0) is 30.0 Å². The molecule has 2 aromatic rings. The maximum atomic E-state index is 12.1. The molecule has 0 saturated carbocycles. The summed E-state index contributed by atoms with van der Waals surface area (Å²) >= 11 is 0. The summed E-state index contributed by atoms with van der Waals surface area (Å²) in [4.78, 5) is 12.1. The average Bonchev–Trinajstić information content (AvgIpc) is 2.29. The van der Waals surface area contributed by atoms with Crippen molar-refractivity contribution in [3.05, 3.63) is 46.4 Å². The molecular weight excluding hydrogens is 202 g/mol. The third kappa shape index (κ3) is 1.86. The molecule has 0 aliphatic rings. The van der Waals surface area contributed by atoms with E-state index in [-0.39, 0.29) is 5.56 Å². The van der Waals surface area contributed by atoms with Crippen molar-refractivity contribution in [3.63, 3.8) is 0 Å². The molecule has 0 spiro atoms. The summed E-state index contributed by atoms with van der Waals surface area (Å²) in [6, 6.07) is 7.79. The number of rotatable bonds is 3. The third-order valence-electron chi connectivity index (χ3n) is 2.77. The van der Waals surface area contributed by atoms with Crippen LogP contribution < -0.4 is 5.56 Å². The molecule has 0 aliphatic heterocycles. The Morgan fingerprint density at radius 1 is 1.25 bits per heavy atom. The van der Waals surface area contributed by atoms with Gasteiger partial charge in [-0.1, -0.05) is 12.1 Å². The molecule has 1 aromatic carbocycles. The summed E-state index contributed by atoms with van der Waals surface area (Å²) in [6.45, 7) is 3.16. The van der Waals surface area contributed by atoms with Gasteiger partial charge in [0.2, 0.25) is 0 Å². The zero-order valence-corrected chi connectivity index (χ0v) is 9.56. The Morgan fingerprint density at radius 3 is 2.81 bits per heavy atom. The number of aromatic nitrogens is 1. The predicted molar refractivity (Wildman–Crippen MR) is 64.8 cm³/mol. The highest BCUT2D eigenvalue weighted by atomic mass is 16.5. The molecule has 3 nitrogen and oxygen atoms in total. The summed E-state index contributed by atoms with van der Waals surface area (Å²) < 4.78 is 6.66. The number of hydrogen-bond donors (Lipinski definition) is 0. The third-order valence-corrected chi connectivity index (χ3v) is 2.77. The zero-order valence-electron chi connectivity index (χ0n) is 9.56. The van der Waals surface area contributed by atoms with Crippen LogP contribution in [0.2, 0.25) is 0 Å². The fourth-order valence-electron chi connectivity index (χ4n) is 1.84. The smallest absolute Gasteiger partial charge is 0.258 e. The van der Waals surface area contributed by atoms with Crippen LogP contribution in [0.3, 0.4) is 0 Å². The summed E-state index contributed by atoms with van der Waals surface area (Å²) in [5.74, 6) is 0. The monoisotopic (exact) mass is 217 g/mol. The molecule has 2 rings (SSSR count). The molecule has 0 unspecified atom stereocenters. The maximum absolute atomic E-state index is 12.1. The molecule has 0 bridgehead atoms. The highest BCUT2D eigenvalue weighted by molar-refractivity contribution is 5.84. The highest BCUT2D eigenvalue weighted by Gasteiger charge is 2.03. The zero-order chi connectivity index (χ0) is 11.5. The second-order valence-corrected chi connectivity index (χ2v) is 3.84. The van der Waals surface area contributed by atoms with Crippen LogP contribution in [0.15, 0.2) is 35.3 Å². The van der Waals surface area contributed by atoms with Crippen LogP contribution >= 0.6 is 0 Å². The van der Waals surface area contributed by atoms with E-state index in [1.54, 1.807) is 11.7 Å².